The molecular weight excluding hydrogens is 307 g/mol. The minimum Gasteiger partial charge on any atom is -0.254 e. The van der Waals surface area contributed by atoms with E-state index in [-0.39, 0.29) is 5.69 Å². The Morgan fingerprint density at radius 2 is 1.41 bits per heavy atom. The van der Waals surface area contributed by atoms with Gasteiger partial charge in [-0.3, -0.25) is 4.98 Å². The molecule has 3 aromatic rings. The second-order valence-electron chi connectivity index (χ2n) is 4.18. The molecule has 0 atom stereocenters. The van der Waals surface area contributed by atoms with E-state index >= 15 is 0 Å². The Morgan fingerprint density at radius 1 is 0.773 bits per heavy atom. The first-order valence-electron chi connectivity index (χ1n) is 5.86. The van der Waals surface area contributed by atoms with Crippen molar-refractivity contribution < 1.29 is 22.0 Å². The summed E-state index contributed by atoms with van der Waals surface area (Å²) in [6.45, 7) is 0. The van der Waals surface area contributed by atoms with Crippen LogP contribution >= 0.6 is 0 Å². The standard InChI is InChI=1S/C13H5F5N4/c14-8-9(15)11(17)13(12(18)10(8)16)22-5-7(20-21-22)6-3-1-2-4-19-6/h1-5H. The molecule has 112 valence electrons. The first-order valence-corrected chi connectivity index (χ1v) is 5.86. The maximum absolute atomic E-state index is 13.7. The third kappa shape index (κ3) is 2.10. The van der Waals surface area contributed by atoms with Crippen molar-refractivity contribution in [2.24, 2.45) is 0 Å². The monoisotopic (exact) mass is 312 g/mol. The van der Waals surface area contributed by atoms with Gasteiger partial charge >= 0.3 is 0 Å². The second-order valence-corrected chi connectivity index (χ2v) is 4.18. The highest BCUT2D eigenvalue weighted by atomic mass is 19.2. The molecule has 0 aliphatic carbocycles. The normalized spacial score (nSPS) is 11.0. The van der Waals surface area contributed by atoms with Gasteiger partial charge < -0.3 is 0 Å². The number of hydrogen-bond acceptors (Lipinski definition) is 3. The molecule has 0 saturated carbocycles. The molecule has 2 heterocycles. The molecule has 9 heteroatoms. The Balaban J connectivity index is 2.16. The predicted octanol–water partition coefficient (Wildman–Crippen LogP) is 3.02. The smallest absolute Gasteiger partial charge is 0.200 e. The Bertz CT molecular complexity index is 818. The third-order valence-electron chi connectivity index (χ3n) is 2.84. The number of hydrogen-bond donors (Lipinski definition) is 0. The van der Waals surface area contributed by atoms with Gasteiger partial charge in [0.05, 0.1) is 11.9 Å². The summed E-state index contributed by atoms with van der Waals surface area (Å²) in [7, 11) is 0. The summed E-state index contributed by atoms with van der Waals surface area (Å²) in [5.41, 5.74) is -0.756. The summed E-state index contributed by atoms with van der Waals surface area (Å²) >= 11 is 0. The summed E-state index contributed by atoms with van der Waals surface area (Å²) in [5, 5.41) is 6.99. The minimum absolute atomic E-state index is 0.115. The van der Waals surface area contributed by atoms with Crippen LogP contribution in [0.25, 0.3) is 17.1 Å². The largest absolute Gasteiger partial charge is 0.254 e. The van der Waals surface area contributed by atoms with E-state index in [0.29, 0.717) is 10.4 Å². The fraction of sp³-hybridized carbons (Fsp3) is 0. The van der Waals surface area contributed by atoms with E-state index < -0.39 is 34.8 Å². The summed E-state index contributed by atoms with van der Waals surface area (Å²) < 4.78 is 67.2. The van der Waals surface area contributed by atoms with Gasteiger partial charge in [0.25, 0.3) is 0 Å². The van der Waals surface area contributed by atoms with E-state index in [1.165, 1.54) is 6.20 Å². The van der Waals surface area contributed by atoms with E-state index in [2.05, 4.69) is 15.3 Å². The molecule has 0 fully saturated rings. The van der Waals surface area contributed by atoms with Crippen LogP contribution in [0.4, 0.5) is 22.0 Å². The SMILES string of the molecule is Fc1c(F)c(F)c(-n2cc(-c3ccccn3)nn2)c(F)c1F. The summed E-state index contributed by atoms with van der Waals surface area (Å²) in [6, 6.07) is 4.82. The first-order chi connectivity index (χ1) is 10.5. The average Bonchev–Trinajstić information content (AvgIpc) is 3.02. The highest BCUT2D eigenvalue weighted by Gasteiger charge is 2.27. The van der Waals surface area contributed by atoms with Crippen LogP contribution in [-0.4, -0.2) is 20.0 Å². The molecule has 22 heavy (non-hydrogen) atoms. The maximum Gasteiger partial charge on any atom is 0.200 e. The molecule has 0 aliphatic heterocycles. The Morgan fingerprint density at radius 3 is 2.00 bits per heavy atom. The van der Waals surface area contributed by atoms with Gasteiger partial charge in [-0.25, -0.2) is 26.6 Å². The first kappa shape index (κ1) is 14.1. The highest BCUT2D eigenvalue weighted by Crippen LogP contribution is 2.26. The zero-order valence-corrected chi connectivity index (χ0v) is 10.6. The second kappa shape index (κ2) is 5.17. The number of benzene rings is 1. The zero-order chi connectivity index (χ0) is 15.9. The molecule has 0 aliphatic rings. The molecule has 0 saturated heterocycles. The summed E-state index contributed by atoms with van der Waals surface area (Å²) in [5.74, 6) is -10.3. The van der Waals surface area contributed by atoms with E-state index in [4.69, 9.17) is 0 Å². The molecule has 0 unspecified atom stereocenters. The lowest BCUT2D eigenvalue weighted by Gasteiger charge is -2.06. The molecule has 1 aromatic carbocycles. The van der Waals surface area contributed by atoms with Gasteiger partial charge in [0, 0.05) is 6.20 Å². The Labute approximate surface area is 119 Å². The van der Waals surface area contributed by atoms with Crippen molar-refractivity contribution >= 4 is 0 Å². The van der Waals surface area contributed by atoms with Crippen LogP contribution in [0.2, 0.25) is 0 Å². The highest BCUT2D eigenvalue weighted by molar-refractivity contribution is 5.52. The van der Waals surface area contributed by atoms with Gasteiger partial charge in [0.2, 0.25) is 5.82 Å². The molecule has 2 aromatic heterocycles. The number of aromatic nitrogens is 4. The number of nitrogens with zero attached hydrogens (tertiary/aromatic N) is 4. The zero-order valence-electron chi connectivity index (χ0n) is 10.6. The van der Waals surface area contributed by atoms with E-state index in [1.54, 1.807) is 18.2 Å². The minimum atomic E-state index is -2.23. The van der Waals surface area contributed by atoms with Crippen molar-refractivity contribution in [2.45, 2.75) is 0 Å². The van der Waals surface area contributed by atoms with Crippen molar-refractivity contribution in [3.05, 3.63) is 59.7 Å². The van der Waals surface area contributed by atoms with Gasteiger partial charge in [-0.15, -0.1) is 5.10 Å². The fourth-order valence-corrected chi connectivity index (χ4v) is 1.80. The van der Waals surface area contributed by atoms with E-state index in [0.717, 1.165) is 6.20 Å². The maximum atomic E-state index is 13.7. The summed E-state index contributed by atoms with van der Waals surface area (Å²) in [4.78, 5) is 3.94. The lowest BCUT2D eigenvalue weighted by atomic mass is 10.2. The van der Waals surface area contributed by atoms with Crippen molar-refractivity contribution in [1.29, 1.82) is 0 Å². The number of rotatable bonds is 2. The third-order valence-corrected chi connectivity index (χ3v) is 2.84. The summed E-state index contributed by atoms with van der Waals surface area (Å²) in [6.07, 6.45) is 2.47. The van der Waals surface area contributed by atoms with Gasteiger partial charge in [-0.1, -0.05) is 11.3 Å². The van der Waals surface area contributed by atoms with E-state index in [9.17, 15) is 22.0 Å². The Kier molecular flexibility index (Phi) is 3.32. The Hall–Kier alpha value is -2.84. The van der Waals surface area contributed by atoms with Crippen molar-refractivity contribution in [3.63, 3.8) is 0 Å². The fourth-order valence-electron chi connectivity index (χ4n) is 1.80. The van der Waals surface area contributed by atoms with Crippen LogP contribution in [0.1, 0.15) is 0 Å². The van der Waals surface area contributed by atoms with Crippen molar-refractivity contribution in [2.75, 3.05) is 0 Å². The quantitative estimate of drug-likeness (QED) is 0.415. The predicted molar refractivity (Wildman–Crippen MR) is 64.4 cm³/mol. The van der Waals surface area contributed by atoms with Crippen LogP contribution in [0.5, 0.6) is 0 Å². The molecule has 4 nitrogen and oxygen atoms in total. The van der Waals surface area contributed by atoms with Crippen molar-refractivity contribution in [3.8, 4) is 17.1 Å². The van der Waals surface area contributed by atoms with Crippen LogP contribution in [0.3, 0.4) is 0 Å². The molecule has 0 bridgehead atoms. The molecule has 0 N–H and O–H groups in total. The van der Waals surface area contributed by atoms with Crippen LogP contribution in [-0.2, 0) is 0 Å². The molecule has 0 radical (unpaired) electrons. The number of pyridine rings is 1. The molecule has 0 amide bonds. The van der Waals surface area contributed by atoms with E-state index in [1.807, 2.05) is 0 Å². The van der Waals surface area contributed by atoms with Gasteiger partial charge in [-0.05, 0) is 12.1 Å². The average molecular weight is 312 g/mol. The lowest BCUT2D eigenvalue weighted by Crippen LogP contribution is -2.10. The molecule has 0 spiro atoms. The van der Waals surface area contributed by atoms with Gasteiger partial charge in [0.15, 0.2) is 23.3 Å². The van der Waals surface area contributed by atoms with Crippen LogP contribution in [0, 0.1) is 29.1 Å². The topological polar surface area (TPSA) is 43.6 Å². The lowest BCUT2D eigenvalue weighted by molar-refractivity contribution is 0.373. The van der Waals surface area contributed by atoms with Gasteiger partial charge in [-0.2, -0.15) is 0 Å². The van der Waals surface area contributed by atoms with Crippen molar-refractivity contribution in [1.82, 2.24) is 20.0 Å². The number of halogens is 5. The van der Waals surface area contributed by atoms with Crippen LogP contribution in [0.15, 0.2) is 30.6 Å². The molecular formula is C13H5F5N4. The molecule has 3 rings (SSSR count). The van der Waals surface area contributed by atoms with Crippen LogP contribution < -0.4 is 0 Å². The van der Waals surface area contributed by atoms with Gasteiger partial charge in [0.1, 0.15) is 11.4 Å².